The largest absolute Gasteiger partial charge is 0.312 e. The Morgan fingerprint density at radius 1 is 1.33 bits per heavy atom. The van der Waals surface area contributed by atoms with Gasteiger partial charge in [-0.05, 0) is 31.4 Å². The fourth-order valence-electron chi connectivity index (χ4n) is 2.47. The van der Waals surface area contributed by atoms with Gasteiger partial charge < -0.3 is 9.59 Å². The van der Waals surface area contributed by atoms with Crippen molar-refractivity contribution in [1.29, 1.82) is 0 Å². The van der Waals surface area contributed by atoms with Crippen LogP contribution in [0.3, 0.4) is 0 Å². The maximum Gasteiger partial charge on any atom is 0.262 e. The van der Waals surface area contributed by atoms with Crippen LogP contribution in [0.25, 0.3) is 0 Å². The van der Waals surface area contributed by atoms with E-state index in [0.717, 1.165) is 4.90 Å². The van der Waals surface area contributed by atoms with Crippen molar-refractivity contribution in [3.63, 3.8) is 0 Å². The quantitative estimate of drug-likeness (QED) is 0.447. The minimum absolute atomic E-state index is 0.116. The molecule has 21 heavy (non-hydrogen) atoms. The molecule has 107 valence electrons. The van der Waals surface area contributed by atoms with Crippen molar-refractivity contribution >= 4 is 31.1 Å². The van der Waals surface area contributed by atoms with Gasteiger partial charge in [0.05, 0.1) is 22.9 Å². The Balaban J connectivity index is 2.27. The zero-order chi connectivity index (χ0) is 15.6. The number of carbonyl (C=O) groups excluding carboxylic acids is 4. The summed E-state index contributed by atoms with van der Waals surface area (Å²) in [6.45, 7) is 3.36. The summed E-state index contributed by atoms with van der Waals surface area (Å²) in [6.07, 6.45) is 0.837. The average molecular weight is 284 g/mol. The van der Waals surface area contributed by atoms with Crippen molar-refractivity contribution in [2.24, 2.45) is 0 Å². The van der Waals surface area contributed by atoms with Gasteiger partial charge >= 0.3 is 0 Å². The molecule has 2 rings (SSSR count). The third-order valence-electron chi connectivity index (χ3n) is 3.65. The maximum atomic E-state index is 12.4. The summed E-state index contributed by atoms with van der Waals surface area (Å²) in [5.41, 5.74) is 1.26. The van der Waals surface area contributed by atoms with Gasteiger partial charge in [0.25, 0.3) is 11.8 Å². The SMILES string of the molecule is C[B]C(=O)CCC(C=O)N1C(=O)c2cccc(C)c2C1=O. The van der Waals surface area contributed by atoms with E-state index in [0.29, 0.717) is 23.0 Å². The van der Waals surface area contributed by atoms with E-state index in [9.17, 15) is 19.2 Å². The monoisotopic (exact) mass is 284 g/mol. The molecule has 0 aliphatic carbocycles. The predicted octanol–water partition coefficient (Wildman–Crippen LogP) is 1.22. The highest BCUT2D eigenvalue weighted by Gasteiger charge is 2.40. The van der Waals surface area contributed by atoms with Crippen molar-refractivity contribution in [2.75, 3.05) is 0 Å². The summed E-state index contributed by atoms with van der Waals surface area (Å²) in [5, 5.41) is 0. The average Bonchev–Trinajstić information content (AvgIpc) is 2.73. The third kappa shape index (κ3) is 2.66. The van der Waals surface area contributed by atoms with Crippen molar-refractivity contribution in [1.82, 2.24) is 4.90 Å². The number of hydrogen-bond acceptors (Lipinski definition) is 4. The molecule has 0 saturated heterocycles. The van der Waals surface area contributed by atoms with Gasteiger partial charge in [0, 0.05) is 0 Å². The summed E-state index contributed by atoms with van der Waals surface area (Å²) in [7, 11) is 1.41. The molecule has 1 aliphatic rings. The fourth-order valence-corrected chi connectivity index (χ4v) is 2.47. The van der Waals surface area contributed by atoms with Crippen LogP contribution in [0.4, 0.5) is 0 Å². The lowest BCUT2D eigenvalue weighted by molar-refractivity contribution is -0.113. The van der Waals surface area contributed by atoms with E-state index in [1.54, 1.807) is 31.9 Å². The molecule has 1 radical (unpaired) electrons. The first-order chi connectivity index (χ1) is 10.0. The highest BCUT2D eigenvalue weighted by Crippen LogP contribution is 2.27. The topological polar surface area (TPSA) is 71.5 Å². The number of benzene rings is 1. The molecule has 1 atom stereocenters. The van der Waals surface area contributed by atoms with Gasteiger partial charge in [-0.2, -0.15) is 0 Å². The van der Waals surface area contributed by atoms with Crippen LogP contribution in [0.2, 0.25) is 6.82 Å². The molecule has 6 heteroatoms. The van der Waals surface area contributed by atoms with Crippen molar-refractivity contribution in [2.45, 2.75) is 32.6 Å². The first-order valence-corrected chi connectivity index (χ1v) is 6.76. The lowest BCUT2D eigenvalue weighted by atomic mass is 9.74. The molecule has 0 fully saturated rings. The molecule has 2 amide bonds. The van der Waals surface area contributed by atoms with Crippen LogP contribution >= 0.6 is 0 Å². The number of aldehydes is 1. The van der Waals surface area contributed by atoms with Crippen LogP contribution in [0.1, 0.15) is 39.1 Å². The highest BCUT2D eigenvalue weighted by molar-refractivity contribution is 6.72. The summed E-state index contributed by atoms with van der Waals surface area (Å²) in [5.74, 6) is -0.929. The van der Waals surface area contributed by atoms with Gasteiger partial charge in [-0.1, -0.05) is 19.0 Å². The molecule has 0 aromatic heterocycles. The van der Waals surface area contributed by atoms with E-state index in [2.05, 4.69) is 0 Å². The number of hydrogen-bond donors (Lipinski definition) is 0. The number of nitrogens with zero attached hydrogens (tertiary/aromatic N) is 1. The molecule has 1 heterocycles. The molecule has 1 unspecified atom stereocenters. The van der Waals surface area contributed by atoms with Crippen LogP contribution in [0, 0.1) is 6.92 Å². The lowest BCUT2D eigenvalue weighted by Crippen LogP contribution is -2.41. The van der Waals surface area contributed by atoms with Crippen molar-refractivity contribution < 1.29 is 19.2 Å². The molecule has 0 N–H and O–H groups in total. The molecular formula is C15H15BNO4. The van der Waals surface area contributed by atoms with Gasteiger partial charge in [-0.15, -0.1) is 0 Å². The first kappa shape index (κ1) is 15.2. The first-order valence-electron chi connectivity index (χ1n) is 6.76. The van der Waals surface area contributed by atoms with E-state index in [-0.39, 0.29) is 18.5 Å². The number of imide groups is 1. The van der Waals surface area contributed by atoms with Gasteiger partial charge in [-0.3, -0.25) is 14.5 Å². The second-order valence-electron chi connectivity index (χ2n) is 4.97. The second-order valence-corrected chi connectivity index (χ2v) is 4.97. The Bertz CT molecular complexity index is 626. The molecule has 1 aliphatic heterocycles. The third-order valence-corrected chi connectivity index (χ3v) is 3.65. The van der Waals surface area contributed by atoms with Crippen LogP contribution in [-0.4, -0.2) is 42.0 Å². The van der Waals surface area contributed by atoms with Crippen LogP contribution in [0.5, 0.6) is 0 Å². The number of carbonyl (C=O) groups is 4. The minimum Gasteiger partial charge on any atom is -0.312 e. The van der Waals surface area contributed by atoms with E-state index in [4.69, 9.17) is 0 Å². The van der Waals surface area contributed by atoms with E-state index in [1.807, 2.05) is 0 Å². The normalized spacial score (nSPS) is 14.9. The fraction of sp³-hybridized carbons (Fsp3) is 0.333. The van der Waals surface area contributed by atoms with Gasteiger partial charge in [0.15, 0.2) is 7.28 Å². The molecule has 0 bridgehead atoms. The highest BCUT2D eigenvalue weighted by atomic mass is 16.2. The standard InChI is InChI=1S/C15H15BNO4/c1-9-4-3-5-11-13(9)15(21)17(14(11)20)10(8-18)6-7-12(19)16-2/h3-5,8,10H,6-7H2,1-2H3. The lowest BCUT2D eigenvalue weighted by Gasteiger charge is -2.20. The van der Waals surface area contributed by atoms with E-state index < -0.39 is 17.9 Å². The summed E-state index contributed by atoms with van der Waals surface area (Å²) in [4.78, 5) is 48.3. The smallest absolute Gasteiger partial charge is 0.262 e. The Hall–Kier alpha value is -2.24. The molecule has 0 spiro atoms. The molecule has 1 aromatic carbocycles. The summed E-state index contributed by atoms with van der Waals surface area (Å²) < 4.78 is 0. The Labute approximate surface area is 123 Å². The molecule has 0 saturated carbocycles. The Morgan fingerprint density at radius 3 is 2.62 bits per heavy atom. The van der Waals surface area contributed by atoms with E-state index >= 15 is 0 Å². The van der Waals surface area contributed by atoms with Gasteiger partial charge in [-0.25, -0.2) is 0 Å². The van der Waals surface area contributed by atoms with Crippen LogP contribution in [0.15, 0.2) is 18.2 Å². The minimum atomic E-state index is -0.902. The molecule has 5 nitrogen and oxygen atoms in total. The number of amides is 2. The predicted molar refractivity (Wildman–Crippen MR) is 77.4 cm³/mol. The number of fused-ring (bicyclic) bond motifs is 1. The second kappa shape index (κ2) is 6.03. The summed E-state index contributed by atoms with van der Waals surface area (Å²) in [6, 6.07) is 4.13. The Morgan fingerprint density at radius 2 is 2.05 bits per heavy atom. The van der Waals surface area contributed by atoms with Crippen LogP contribution in [-0.2, 0) is 9.59 Å². The molecular weight excluding hydrogens is 269 g/mol. The number of rotatable bonds is 6. The van der Waals surface area contributed by atoms with Crippen molar-refractivity contribution in [3.8, 4) is 0 Å². The number of aryl methyl sites for hydroxylation is 1. The summed E-state index contributed by atoms with van der Waals surface area (Å²) >= 11 is 0. The Kier molecular flexibility index (Phi) is 4.36. The molecule has 1 aromatic rings. The van der Waals surface area contributed by atoms with Gasteiger partial charge in [0.1, 0.15) is 6.29 Å². The zero-order valence-electron chi connectivity index (χ0n) is 12.0. The van der Waals surface area contributed by atoms with Crippen LogP contribution < -0.4 is 0 Å². The van der Waals surface area contributed by atoms with Crippen molar-refractivity contribution in [3.05, 3.63) is 34.9 Å². The van der Waals surface area contributed by atoms with Gasteiger partial charge in [0.2, 0.25) is 0 Å². The zero-order valence-corrected chi connectivity index (χ0v) is 12.0. The van der Waals surface area contributed by atoms with E-state index in [1.165, 1.54) is 7.28 Å². The maximum absolute atomic E-state index is 12.4.